The third-order valence-electron chi connectivity index (χ3n) is 5.07. The lowest BCUT2D eigenvalue weighted by atomic mass is 10.1. The molecule has 3 aromatic rings. The second kappa shape index (κ2) is 8.52. The van der Waals surface area contributed by atoms with E-state index in [-0.39, 0.29) is 12.0 Å². The summed E-state index contributed by atoms with van der Waals surface area (Å²) < 4.78 is 11.3. The van der Waals surface area contributed by atoms with Crippen LogP contribution in [0.25, 0.3) is 11.3 Å². The molecule has 0 bridgehead atoms. The molecule has 1 aliphatic heterocycles. The highest BCUT2D eigenvalue weighted by Gasteiger charge is 2.27. The zero-order valence-corrected chi connectivity index (χ0v) is 17.4. The molecule has 1 saturated heterocycles. The fourth-order valence-corrected chi connectivity index (χ4v) is 3.66. The van der Waals surface area contributed by atoms with Crippen LogP contribution in [0.3, 0.4) is 0 Å². The number of methoxy groups -OCH3 is 1. The Labute approximate surface area is 175 Å². The average Bonchev–Trinajstić information content (AvgIpc) is 3.23. The Morgan fingerprint density at radius 3 is 2.87 bits per heavy atom. The molecule has 8 heteroatoms. The van der Waals surface area contributed by atoms with Crippen molar-refractivity contribution in [3.05, 3.63) is 53.6 Å². The number of benzene rings is 1. The van der Waals surface area contributed by atoms with E-state index in [1.807, 2.05) is 44.2 Å². The molecule has 1 aromatic carbocycles. The van der Waals surface area contributed by atoms with Crippen molar-refractivity contribution in [2.24, 2.45) is 0 Å². The first-order chi connectivity index (χ1) is 14.5. The molecule has 3 heterocycles. The second-order valence-corrected chi connectivity index (χ2v) is 7.43. The molecule has 1 fully saturated rings. The molecule has 30 heavy (non-hydrogen) atoms. The maximum atomic E-state index is 13.0. The number of aromatic nitrogens is 4. The van der Waals surface area contributed by atoms with Crippen LogP contribution in [0.5, 0.6) is 11.6 Å². The molecule has 1 N–H and O–H groups in total. The van der Waals surface area contributed by atoms with Crippen molar-refractivity contribution in [1.82, 2.24) is 25.1 Å². The lowest BCUT2D eigenvalue weighted by Gasteiger charge is -2.32. The summed E-state index contributed by atoms with van der Waals surface area (Å²) in [5.41, 5.74) is 2.92. The van der Waals surface area contributed by atoms with Crippen molar-refractivity contribution in [2.45, 2.75) is 32.8 Å². The van der Waals surface area contributed by atoms with Gasteiger partial charge in [-0.15, -0.1) is 0 Å². The fraction of sp³-hybridized carbons (Fsp3) is 0.364. The van der Waals surface area contributed by atoms with Crippen molar-refractivity contribution in [3.8, 4) is 22.9 Å². The first-order valence-corrected chi connectivity index (χ1v) is 10.00. The van der Waals surface area contributed by atoms with E-state index < -0.39 is 0 Å². The van der Waals surface area contributed by atoms with Crippen LogP contribution in [-0.4, -0.2) is 57.3 Å². The van der Waals surface area contributed by atoms with E-state index in [0.717, 1.165) is 29.8 Å². The number of ether oxygens (including phenoxy) is 2. The highest BCUT2D eigenvalue weighted by molar-refractivity contribution is 5.93. The normalized spacial score (nSPS) is 16.4. The summed E-state index contributed by atoms with van der Waals surface area (Å²) in [7, 11) is 1.62. The monoisotopic (exact) mass is 407 g/mol. The summed E-state index contributed by atoms with van der Waals surface area (Å²) in [6.07, 6.45) is 1.65. The van der Waals surface area contributed by atoms with Crippen molar-refractivity contribution < 1.29 is 14.3 Å². The van der Waals surface area contributed by atoms with E-state index in [9.17, 15) is 4.79 Å². The number of amides is 1. The Balaban J connectivity index is 1.45. The number of carbonyl (C=O) groups excluding carboxylic acids is 1. The molecule has 156 valence electrons. The van der Waals surface area contributed by atoms with Gasteiger partial charge in [-0.25, -0.2) is 4.98 Å². The number of aryl methyl sites for hydroxylation is 2. The van der Waals surface area contributed by atoms with Crippen molar-refractivity contribution in [3.63, 3.8) is 0 Å². The lowest BCUT2D eigenvalue weighted by molar-refractivity contribution is 0.0521. The quantitative estimate of drug-likeness (QED) is 0.698. The van der Waals surface area contributed by atoms with Crippen LogP contribution in [0.2, 0.25) is 0 Å². The number of nitrogens with zero attached hydrogens (tertiary/aromatic N) is 4. The largest absolute Gasteiger partial charge is 0.497 e. The van der Waals surface area contributed by atoms with Crippen LogP contribution in [0, 0.1) is 13.8 Å². The molecule has 1 amide bonds. The predicted molar refractivity (Wildman–Crippen MR) is 112 cm³/mol. The second-order valence-electron chi connectivity index (χ2n) is 7.43. The third-order valence-corrected chi connectivity index (χ3v) is 5.07. The van der Waals surface area contributed by atoms with Crippen molar-refractivity contribution in [1.29, 1.82) is 0 Å². The molecule has 4 rings (SSSR count). The van der Waals surface area contributed by atoms with E-state index >= 15 is 0 Å². The smallest absolute Gasteiger partial charge is 0.272 e. The number of rotatable bonds is 5. The van der Waals surface area contributed by atoms with Gasteiger partial charge in [-0.05, 0) is 44.9 Å². The Kier molecular flexibility index (Phi) is 5.65. The van der Waals surface area contributed by atoms with Gasteiger partial charge in [-0.2, -0.15) is 10.1 Å². The molecule has 1 unspecified atom stereocenters. The number of hydrogen-bond acceptors (Lipinski definition) is 6. The maximum Gasteiger partial charge on any atom is 0.272 e. The zero-order valence-electron chi connectivity index (χ0n) is 17.4. The van der Waals surface area contributed by atoms with Gasteiger partial charge in [0.05, 0.1) is 19.3 Å². The summed E-state index contributed by atoms with van der Waals surface area (Å²) >= 11 is 0. The number of piperidine rings is 1. The molecule has 0 aliphatic carbocycles. The van der Waals surface area contributed by atoms with Gasteiger partial charge in [0.2, 0.25) is 5.88 Å². The number of likely N-dealkylation sites (tertiary alicyclic amines) is 1. The summed E-state index contributed by atoms with van der Waals surface area (Å²) in [6, 6.07) is 11.2. The van der Waals surface area contributed by atoms with Crippen LogP contribution in [0.15, 0.2) is 36.4 Å². The third kappa shape index (κ3) is 4.42. The van der Waals surface area contributed by atoms with Crippen LogP contribution < -0.4 is 9.47 Å². The van der Waals surface area contributed by atoms with Gasteiger partial charge in [0.1, 0.15) is 23.4 Å². The molecule has 0 spiro atoms. The lowest BCUT2D eigenvalue weighted by Crippen LogP contribution is -2.44. The molecular formula is C22H25N5O3. The zero-order chi connectivity index (χ0) is 21.1. The Bertz CT molecular complexity index is 1030. The van der Waals surface area contributed by atoms with E-state index in [1.54, 1.807) is 18.1 Å². The minimum atomic E-state index is -0.0998. The van der Waals surface area contributed by atoms with E-state index in [1.165, 1.54) is 0 Å². The van der Waals surface area contributed by atoms with Gasteiger partial charge in [-0.3, -0.25) is 9.89 Å². The van der Waals surface area contributed by atoms with Gasteiger partial charge in [0, 0.05) is 23.9 Å². The molecular weight excluding hydrogens is 382 g/mol. The van der Waals surface area contributed by atoms with Crippen LogP contribution in [0.4, 0.5) is 0 Å². The van der Waals surface area contributed by atoms with Crippen LogP contribution >= 0.6 is 0 Å². The van der Waals surface area contributed by atoms with E-state index in [4.69, 9.17) is 9.47 Å². The summed E-state index contributed by atoms with van der Waals surface area (Å²) in [5, 5.41) is 7.18. The van der Waals surface area contributed by atoms with Crippen molar-refractivity contribution in [2.75, 3.05) is 20.2 Å². The first kappa shape index (κ1) is 19.9. The average molecular weight is 407 g/mol. The van der Waals surface area contributed by atoms with Gasteiger partial charge in [-0.1, -0.05) is 12.1 Å². The molecule has 8 nitrogen and oxygen atoms in total. The minimum absolute atomic E-state index is 0.0833. The topological polar surface area (TPSA) is 93.2 Å². The van der Waals surface area contributed by atoms with E-state index in [2.05, 4.69) is 20.2 Å². The van der Waals surface area contributed by atoms with Gasteiger partial charge < -0.3 is 14.4 Å². The SMILES string of the molecule is COc1cccc(-c2cc(C(=O)N3CCCC(Oc4cc(C)nc(C)n4)C3)[nH]n2)c1. The fourth-order valence-electron chi connectivity index (χ4n) is 3.66. The highest BCUT2D eigenvalue weighted by Crippen LogP contribution is 2.24. The number of aromatic amines is 1. The minimum Gasteiger partial charge on any atom is -0.497 e. The number of nitrogens with one attached hydrogen (secondary N) is 1. The van der Waals surface area contributed by atoms with E-state index in [0.29, 0.717) is 36.2 Å². The molecule has 0 radical (unpaired) electrons. The Morgan fingerprint density at radius 2 is 2.07 bits per heavy atom. The maximum absolute atomic E-state index is 13.0. The van der Waals surface area contributed by atoms with Gasteiger partial charge in [0.25, 0.3) is 5.91 Å². The standard InChI is InChI=1S/C22H25N5O3/c1-14-10-21(24-15(2)23-14)30-18-8-5-9-27(13-18)22(28)20-12-19(25-26-20)16-6-4-7-17(11-16)29-3/h4,6-7,10-12,18H,5,8-9,13H2,1-3H3,(H,25,26). The Hall–Kier alpha value is -3.42. The number of H-pyrrole nitrogens is 1. The molecule has 2 aromatic heterocycles. The first-order valence-electron chi connectivity index (χ1n) is 10.00. The number of hydrogen-bond donors (Lipinski definition) is 1. The highest BCUT2D eigenvalue weighted by atomic mass is 16.5. The van der Waals surface area contributed by atoms with Crippen LogP contribution in [-0.2, 0) is 0 Å². The Morgan fingerprint density at radius 1 is 1.20 bits per heavy atom. The van der Waals surface area contributed by atoms with Crippen molar-refractivity contribution >= 4 is 5.91 Å². The molecule has 1 aliphatic rings. The summed E-state index contributed by atoms with van der Waals surface area (Å²) in [4.78, 5) is 23.4. The predicted octanol–water partition coefficient (Wildman–Crippen LogP) is 3.18. The number of carbonyl (C=O) groups is 1. The molecule has 1 atom stereocenters. The van der Waals surface area contributed by atoms with Gasteiger partial charge in [0.15, 0.2) is 0 Å². The molecule has 0 saturated carbocycles. The summed E-state index contributed by atoms with van der Waals surface area (Å²) in [5.74, 6) is 1.90. The summed E-state index contributed by atoms with van der Waals surface area (Å²) in [6.45, 7) is 4.95. The van der Waals surface area contributed by atoms with Gasteiger partial charge >= 0.3 is 0 Å². The van der Waals surface area contributed by atoms with Crippen LogP contribution in [0.1, 0.15) is 34.8 Å².